The normalized spacial score (nSPS) is 23.9. The summed E-state index contributed by atoms with van der Waals surface area (Å²) in [7, 11) is 0. The average Bonchev–Trinajstić information content (AvgIpc) is 3.25. The zero-order valence-electron chi connectivity index (χ0n) is 12.8. The highest BCUT2D eigenvalue weighted by Crippen LogP contribution is 2.19. The van der Waals surface area contributed by atoms with Gasteiger partial charge in [-0.1, -0.05) is 31.2 Å². The van der Waals surface area contributed by atoms with Crippen molar-refractivity contribution in [1.29, 1.82) is 0 Å². The Balaban J connectivity index is 1.45. The van der Waals surface area contributed by atoms with Crippen molar-refractivity contribution >= 4 is 0 Å². The molecule has 2 heteroatoms. The van der Waals surface area contributed by atoms with E-state index in [1.807, 2.05) is 0 Å². The summed E-state index contributed by atoms with van der Waals surface area (Å²) in [5.74, 6) is 0.872. The fraction of sp³-hybridized carbons (Fsp3) is 0.667. The summed E-state index contributed by atoms with van der Waals surface area (Å²) >= 11 is 0. The number of rotatable bonds is 6. The molecule has 20 heavy (non-hydrogen) atoms. The zero-order chi connectivity index (χ0) is 13.8. The second-order valence-electron chi connectivity index (χ2n) is 6.78. The molecule has 1 unspecified atom stereocenters. The van der Waals surface area contributed by atoms with Crippen molar-refractivity contribution in [3.05, 3.63) is 35.4 Å². The topological polar surface area (TPSA) is 15.3 Å². The lowest BCUT2D eigenvalue weighted by molar-refractivity contribution is 0.176. The van der Waals surface area contributed by atoms with Gasteiger partial charge in [0, 0.05) is 19.1 Å². The molecule has 0 bridgehead atoms. The van der Waals surface area contributed by atoms with Crippen LogP contribution in [0.2, 0.25) is 0 Å². The molecule has 0 spiro atoms. The summed E-state index contributed by atoms with van der Waals surface area (Å²) in [5.41, 5.74) is 2.94. The van der Waals surface area contributed by atoms with E-state index >= 15 is 0 Å². The molecule has 3 rings (SSSR count). The SMILES string of the molecule is CC1CCCN(Cc2ccc(CCNC3CC3)cc2)C1. The Kier molecular flexibility index (Phi) is 4.74. The van der Waals surface area contributed by atoms with Gasteiger partial charge in [0.2, 0.25) is 0 Å². The molecule has 1 heterocycles. The molecule has 0 amide bonds. The molecule has 110 valence electrons. The van der Waals surface area contributed by atoms with Gasteiger partial charge in [0.25, 0.3) is 0 Å². The predicted octanol–water partition coefficient (Wildman–Crippen LogP) is 3.21. The highest BCUT2D eigenvalue weighted by atomic mass is 15.1. The second kappa shape index (κ2) is 6.73. The molecule has 1 aromatic rings. The zero-order valence-corrected chi connectivity index (χ0v) is 12.8. The molecule has 2 nitrogen and oxygen atoms in total. The highest BCUT2D eigenvalue weighted by molar-refractivity contribution is 5.22. The Morgan fingerprint density at radius 3 is 2.55 bits per heavy atom. The van der Waals surface area contributed by atoms with Gasteiger partial charge < -0.3 is 5.32 Å². The average molecular weight is 272 g/mol. The maximum absolute atomic E-state index is 3.58. The van der Waals surface area contributed by atoms with Crippen LogP contribution in [-0.4, -0.2) is 30.6 Å². The third kappa shape index (κ3) is 4.32. The van der Waals surface area contributed by atoms with E-state index in [0.717, 1.165) is 31.5 Å². The first-order valence-corrected chi connectivity index (χ1v) is 8.33. The minimum atomic E-state index is 0.829. The van der Waals surface area contributed by atoms with E-state index in [0.29, 0.717) is 0 Å². The number of nitrogens with zero attached hydrogens (tertiary/aromatic N) is 1. The number of likely N-dealkylation sites (tertiary alicyclic amines) is 1. The van der Waals surface area contributed by atoms with Crippen LogP contribution in [0.15, 0.2) is 24.3 Å². The Hall–Kier alpha value is -0.860. The van der Waals surface area contributed by atoms with Crippen LogP contribution >= 0.6 is 0 Å². The lowest BCUT2D eigenvalue weighted by Gasteiger charge is -2.30. The summed E-state index contributed by atoms with van der Waals surface area (Å²) in [6.45, 7) is 7.19. The first-order chi connectivity index (χ1) is 9.79. The van der Waals surface area contributed by atoms with Gasteiger partial charge >= 0.3 is 0 Å². The van der Waals surface area contributed by atoms with Crippen LogP contribution in [0.5, 0.6) is 0 Å². The molecular formula is C18H28N2. The monoisotopic (exact) mass is 272 g/mol. The standard InChI is InChI=1S/C18H28N2/c1-15-3-2-12-20(13-15)14-17-6-4-16(5-7-17)10-11-19-18-8-9-18/h4-7,15,18-19H,2-3,8-14H2,1H3. The Morgan fingerprint density at radius 2 is 1.85 bits per heavy atom. The van der Waals surface area contributed by atoms with E-state index in [4.69, 9.17) is 0 Å². The molecule has 1 aromatic carbocycles. The first kappa shape index (κ1) is 14.1. The summed E-state index contributed by atoms with van der Waals surface area (Å²) < 4.78 is 0. The smallest absolute Gasteiger partial charge is 0.0233 e. The van der Waals surface area contributed by atoms with E-state index in [9.17, 15) is 0 Å². The molecule has 1 aliphatic heterocycles. The second-order valence-corrected chi connectivity index (χ2v) is 6.78. The minimum absolute atomic E-state index is 0.829. The molecule has 1 atom stereocenters. The molecule has 2 fully saturated rings. The van der Waals surface area contributed by atoms with Crippen LogP contribution in [0.4, 0.5) is 0 Å². The molecule has 1 N–H and O–H groups in total. The van der Waals surface area contributed by atoms with E-state index < -0.39 is 0 Å². The maximum atomic E-state index is 3.58. The molecule has 1 saturated heterocycles. The summed E-state index contributed by atoms with van der Waals surface area (Å²) in [5, 5.41) is 3.58. The highest BCUT2D eigenvalue weighted by Gasteiger charge is 2.19. The molecular weight excluding hydrogens is 244 g/mol. The van der Waals surface area contributed by atoms with Crippen LogP contribution in [0.1, 0.15) is 43.7 Å². The lowest BCUT2D eigenvalue weighted by atomic mass is 9.99. The van der Waals surface area contributed by atoms with Gasteiger partial charge in [-0.25, -0.2) is 0 Å². The van der Waals surface area contributed by atoms with E-state index in [2.05, 4.69) is 41.4 Å². The van der Waals surface area contributed by atoms with Crippen molar-refractivity contribution in [3.63, 3.8) is 0 Å². The number of piperidine rings is 1. The lowest BCUT2D eigenvalue weighted by Crippen LogP contribution is -2.33. The van der Waals surface area contributed by atoms with Gasteiger partial charge in [0.15, 0.2) is 0 Å². The van der Waals surface area contributed by atoms with Crippen LogP contribution < -0.4 is 5.32 Å². The fourth-order valence-electron chi connectivity index (χ4n) is 3.21. The van der Waals surface area contributed by atoms with Gasteiger partial charge in [0.05, 0.1) is 0 Å². The Morgan fingerprint density at radius 1 is 1.10 bits per heavy atom. The fourth-order valence-corrected chi connectivity index (χ4v) is 3.21. The third-order valence-corrected chi connectivity index (χ3v) is 4.59. The van der Waals surface area contributed by atoms with Crippen molar-refractivity contribution in [3.8, 4) is 0 Å². The van der Waals surface area contributed by atoms with Crippen molar-refractivity contribution < 1.29 is 0 Å². The number of nitrogens with one attached hydrogen (secondary N) is 1. The number of hydrogen-bond donors (Lipinski definition) is 1. The van der Waals surface area contributed by atoms with Crippen LogP contribution in [0.3, 0.4) is 0 Å². The Labute approximate surface area is 123 Å². The minimum Gasteiger partial charge on any atom is -0.314 e. The first-order valence-electron chi connectivity index (χ1n) is 8.33. The van der Waals surface area contributed by atoms with Crippen molar-refractivity contribution in [2.75, 3.05) is 19.6 Å². The van der Waals surface area contributed by atoms with E-state index in [-0.39, 0.29) is 0 Å². The predicted molar refractivity (Wildman–Crippen MR) is 84.8 cm³/mol. The van der Waals surface area contributed by atoms with Gasteiger partial charge in [-0.15, -0.1) is 0 Å². The molecule has 0 aromatic heterocycles. The van der Waals surface area contributed by atoms with E-state index in [1.54, 1.807) is 0 Å². The van der Waals surface area contributed by atoms with Crippen molar-refractivity contribution in [1.82, 2.24) is 10.2 Å². The van der Waals surface area contributed by atoms with Crippen LogP contribution in [0, 0.1) is 5.92 Å². The number of hydrogen-bond acceptors (Lipinski definition) is 2. The van der Waals surface area contributed by atoms with Gasteiger partial charge in [-0.2, -0.15) is 0 Å². The maximum Gasteiger partial charge on any atom is 0.0233 e. The van der Waals surface area contributed by atoms with Crippen molar-refractivity contribution in [2.45, 2.75) is 51.6 Å². The summed E-state index contributed by atoms with van der Waals surface area (Å²) in [4.78, 5) is 2.61. The van der Waals surface area contributed by atoms with E-state index in [1.165, 1.54) is 49.9 Å². The van der Waals surface area contributed by atoms with Gasteiger partial charge in [0.1, 0.15) is 0 Å². The molecule has 2 aliphatic rings. The molecule has 1 saturated carbocycles. The largest absolute Gasteiger partial charge is 0.314 e. The van der Waals surface area contributed by atoms with Gasteiger partial charge in [-0.3, -0.25) is 4.90 Å². The molecule has 0 radical (unpaired) electrons. The quantitative estimate of drug-likeness (QED) is 0.855. The summed E-state index contributed by atoms with van der Waals surface area (Å²) in [6, 6.07) is 10.1. The van der Waals surface area contributed by atoms with Crippen LogP contribution in [0.25, 0.3) is 0 Å². The molecule has 1 aliphatic carbocycles. The third-order valence-electron chi connectivity index (χ3n) is 4.59. The Bertz CT molecular complexity index is 408. The van der Waals surface area contributed by atoms with Crippen LogP contribution in [-0.2, 0) is 13.0 Å². The number of benzene rings is 1. The summed E-state index contributed by atoms with van der Waals surface area (Å²) in [6.07, 6.45) is 6.70. The van der Waals surface area contributed by atoms with Crippen molar-refractivity contribution in [2.24, 2.45) is 5.92 Å². The van der Waals surface area contributed by atoms with Gasteiger partial charge in [-0.05, 0) is 62.2 Å².